The number of carbonyl (C=O) groups is 1. The number of rotatable bonds is 5. The van der Waals surface area contributed by atoms with E-state index in [2.05, 4.69) is 15.7 Å². The molecule has 0 bridgehead atoms. The number of halogens is 1. The minimum atomic E-state index is -0.204. The zero-order chi connectivity index (χ0) is 17.8. The molecule has 0 fully saturated rings. The van der Waals surface area contributed by atoms with Crippen molar-refractivity contribution in [3.05, 3.63) is 77.1 Å². The Balaban J connectivity index is 1.77. The third kappa shape index (κ3) is 3.83. The first-order chi connectivity index (χ1) is 12.1. The average Bonchev–Trinajstić information content (AvgIpc) is 3.16. The van der Waals surface area contributed by atoms with E-state index >= 15 is 0 Å². The van der Waals surface area contributed by atoms with Gasteiger partial charge in [0.15, 0.2) is 0 Å². The Labute approximate surface area is 151 Å². The Morgan fingerprint density at radius 3 is 2.72 bits per heavy atom. The lowest BCUT2D eigenvalue weighted by atomic mass is 10.1. The van der Waals surface area contributed by atoms with Crippen LogP contribution in [0.4, 0.5) is 5.69 Å². The number of amides is 1. The Hall–Kier alpha value is -2.79. The fraction of sp³-hybridized carbons (Fsp3) is 0.158. The van der Waals surface area contributed by atoms with Crippen LogP contribution < -0.4 is 10.6 Å². The zero-order valence-electron chi connectivity index (χ0n) is 14.0. The summed E-state index contributed by atoms with van der Waals surface area (Å²) in [5.74, 6) is -0.204. The number of carbonyl (C=O) groups excluding carboxylic acids is 1. The minimum absolute atomic E-state index is 0.164. The molecule has 1 heterocycles. The molecule has 0 aliphatic carbocycles. The Kier molecular flexibility index (Phi) is 5.05. The maximum atomic E-state index is 12.5. The second-order valence-corrected chi connectivity index (χ2v) is 6.09. The highest BCUT2D eigenvalue weighted by Gasteiger charge is 2.15. The highest BCUT2D eigenvalue weighted by atomic mass is 35.5. The molecule has 0 aliphatic heterocycles. The van der Waals surface area contributed by atoms with E-state index in [1.807, 2.05) is 49.5 Å². The SMILES string of the molecule is CNc1ccc(C(=O)NC(C)c2cccc(-n3cccn3)c2)c(Cl)c1. The van der Waals surface area contributed by atoms with Crippen LogP contribution in [-0.4, -0.2) is 22.7 Å². The van der Waals surface area contributed by atoms with Gasteiger partial charge >= 0.3 is 0 Å². The fourth-order valence-corrected chi connectivity index (χ4v) is 2.84. The van der Waals surface area contributed by atoms with Crippen molar-refractivity contribution in [2.75, 3.05) is 12.4 Å². The lowest BCUT2D eigenvalue weighted by Crippen LogP contribution is -2.27. The summed E-state index contributed by atoms with van der Waals surface area (Å²) < 4.78 is 1.78. The summed E-state index contributed by atoms with van der Waals surface area (Å²) in [6.07, 6.45) is 3.61. The molecule has 5 nitrogen and oxygen atoms in total. The molecule has 2 N–H and O–H groups in total. The van der Waals surface area contributed by atoms with Gasteiger partial charge in [0.1, 0.15) is 0 Å². The first kappa shape index (κ1) is 17.0. The van der Waals surface area contributed by atoms with Crippen molar-refractivity contribution in [3.8, 4) is 5.69 Å². The van der Waals surface area contributed by atoms with Crippen LogP contribution in [0.15, 0.2) is 60.9 Å². The monoisotopic (exact) mass is 354 g/mol. The Morgan fingerprint density at radius 2 is 2.04 bits per heavy atom. The van der Waals surface area contributed by atoms with Gasteiger partial charge in [-0.3, -0.25) is 4.79 Å². The van der Waals surface area contributed by atoms with E-state index in [9.17, 15) is 4.79 Å². The van der Waals surface area contributed by atoms with Crippen LogP contribution >= 0.6 is 11.6 Å². The molecule has 1 amide bonds. The van der Waals surface area contributed by atoms with Crippen LogP contribution in [0.1, 0.15) is 28.9 Å². The molecule has 25 heavy (non-hydrogen) atoms. The van der Waals surface area contributed by atoms with Crippen molar-refractivity contribution in [1.82, 2.24) is 15.1 Å². The zero-order valence-corrected chi connectivity index (χ0v) is 14.8. The molecule has 0 saturated heterocycles. The molecule has 0 radical (unpaired) electrons. The summed E-state index contributed by atoms with van der Waals surface area (Å²) in [4.78, 5) is 12.5. The molecule has 2 aromatic carbocycles. The minimum Gasteiger partial charge on any atom is -0.388 e. The molecular formula is C19H19ClN4O. The second kappa shape index (κ2) is 7.40. The van der Waals surface area contributed by atoms with E-state index in [4.69, 9.17) is 11.6 Å². The lowest BCUT2D eigenvalue weighted by Gasteiger charge is -2.16. The molecule has 1 aromatic heterocycles. The largest absolute Gasteiger partial charge is 0.388 e. The highest BCUT2D eigenvalue weighted by Crippen LogP contribution is 2.22. The molecule has 3 rings (SSSR count). The van der Waals surface area contributed by atoms with Gasteiger partial charge in [-0.05, 0) is 48.9 Å². The number of aromatic nitrogens is 2. The van der Waals surface area contributed by atoms with E-state index in [-0.39, 0.29) is 11.9 Å². The highest BCUT2D eigenvalue weighted by molar-refractivity contribution is 6.34. The number of anilines is 1. The first-order valence-electron chi connectivity index (χ1n) is 7.96. The van der Waals surface area contributed by atoms with Crippen molar-refractivity contribution in [2.24, 2.45) is 0 Å². The molecule has 0 saturated carbocycles. The number of nitrogens with zero attached hydrogens (tertiary/aromatic N) is 2. The summed E-state index contributed by atoms with van der Waals surface area (Å²) in [5.41, 5.74) is 3.25. The Bertz CT molecular complexity index is 877. The predicted octanol–water partition coefficient (Wildman–Crippen LogP) is 4.06. The van der Waals surface area contributed by atoms with Crippen LogP contribution in [-0.2, 0) is 0 Å². The van der Waals surface area contributed by atoms with E-state index in [1.165, 1.54) is 0 Å². The molecule has 0 aliphatic rings. The summed E-state index contributed by atoms with van der Waals surface area (Å²) in [6.45, 7) is 1.94. The third-order valence-electron chi connectivity index (χ3n) is 3.99. The van der Waals surface area contributed by atoms with Crippen molar-refractivity contribution in [3.63, 3.8) is 0 Å². The number of hydrogen-bond acceptors (Lipinski definition) is 3. The summed E-state index contributed by atoms with van der Waals surface area (Å²) in [5, 5.41) is 10.6. The van der Waals surface area contributed by atoms with Crippen LogP contribution in [0.3, 0.4) is 0 Å². The Morgan fingerprint density at radius 1 is 1.20 bits per heavy atom. The number of benzene rings is 2. The first-order valence-corrected chi connectivity index (χ1v) is 8.34. The molecule has 1 atom stereocenters. The molecular weight excluding hydrogens is 336 g/mol. The predicted molar refractivity (Wildman–Crippen MR) is 100 cm³/mol. The van der Waals surface area contributed by atoms with Crippen molar-refractivity contribution in [2.45, 2.75) is 13.0 Å². The van der Waals surface area contributed by atoms with Gasteiger partial charge in [-0.25, -0.2) is 4.68 Å². The molecule has 128 valence electrons. The summed E-state index contributed by atoms with van der Waals surface area (Å²) in [6, 6.07) is 14.9. The van der Waals surface area contributed by atoms with Gasteiger partial charge < -0.3 is 10.6 Å². The van der Waals surface area contributed by atoms with Crippen molar-refractivity contribution < 1.29 is 4.79 Å². The van der Waals surface area contributed by atoms with Crippen LogP contribution in [0.2, 0.25) is 5.02 Å². The smallest absolute Gasteiger partial charge is 0.253 e. The number of hydrogen-bond donors (Lipinski definition) is 2. The molecule has 6 heteroatoms. The van der Waals surface area contributed by atoms with Gasteiger partial charge in [0.25, 0.3) is 5.91 Å². The van der Waals surface area contributed by atoms with E-state index in [0.29, 0.717) is 10.6 Å². The van der Waals surface area contributed by atoms with Gasteiger partial charge in [-0.2, -0.15) is 5.10 Å². The number of nitrogens with one attached hydrogen (secondary N) is 2. The van der Waals surface area contributed by atoms with Crippen LogP contribution in [0.25, 0.3) is 5.69 Å². The summed E-state index contributed by atoms with van der Waals surface area (Å²) in [7, 11) is 1.81. The van der Waals surface area contributed by atoms with Gasteiger partial charge in [0, 0.05) is 25.1 Å². The standard InChI is InChI=1S/C19H19ClN4O/c1-13(14-5-3-6-16(11-14)24-10-4-9-22-24)23-19(25)17-8-7-15(21-2)12-18(17)20/h3-13,21H,1-2H3,(H,23,25). The third-order valence-corrected chi connectivity index (χ3v) is 4.30. The van der Waals surface area contributed by atoms with E-state index in [0.717, 1.165) is 16.9 Å². The van der Waals surface area contributed by atoms with Crippen molar-refractivity contribution >= 4 is 23.2 Å². The lowest BCUT2D eigenvalue weighted by molar-refractivity contribution is 0.0940. The molecule has 0 spiro atoms. The molecule has 1 unspecified atom stereocenters. The fourth-order valence-electron chi connectivity index (χ4n) is 2.57. The van der Waals surface area contributed by atoms with Crippen LogP contribution in [0.5, 0.6) is 0 Å². The maximum absolute atomic E-state index is 12.5. The summed E-state index contributed by atoms with van der Waals surface area (Å²) >= 11 is 6.21. The average molecular weight is 355 g/mol. The van der Waals surface area contributed by atoms with Gasteiger partial charge in [0.05, 0.1) is 22.3 Å². The van der Waals surface area contributed by atoms with E-state index < -0.39 is 0 Å². The van der Waals surface area contributed by atoms with Crippen molar-refractivity contribution in [1.29, 1.82) is 0 Å². The van der Waals surface area contributed by atoms with Gasteiger partial charge in [-0.1, -0.05) is 23.7 Å². The van der Waals surface area contributed by atoms with Gasteiger partial charge in [0.2, 0.25) is 0 Å². The molecule has 3 aromatic rings. The second-order valence-electron chi connectivity index (χ2n) is 5.69. The quantitative estimate of drug-likeness (QED) is 0.726. The van der Waals surface area contributed by atoms with Gasteiger partial charge in [-0.15, -0.1) is 0 Å². The topological polar surface area (TPSA) is 59.0 Å². The van der Waals surface area contributed by atoms with E-state index in [1.54, 1.807) is 30.1 Å². The maximum Gasteiger partial charge on any atom is 0.253 e. The van der Waals surface area contributed by atoms with Crippen LogP contribution in [0, 0.1) is 0 Å². The normalized spacial score (nSPS) is 11.8.